The van der Waals surface area contributed by atoms with E-state index in [2.05, 4.69) is 0 Å². The van der Waals surface area contributed by atoms with Gasteiger partial charge in [-0.3, -0.25) is 14.3 Å². The molecule has 1 saturated heterocycles. The van der Waals surface area contributed by atoms with E-state index >= 15 is 0 Å². The monoisotopic (exact) mass is 390 g/mol. The van der Waals surface area contributed by atoms with E-state index in [-0.39, 0.29) is 11.5 Å². The van der Waals surface area contributed by atoms with Crippen molar-refractivity contribution in [3.05, 3.63) is 32.9 Å². The van der Waals surface area contributed by atoms with E-state index in [1.807, 2.05) is 38.8 Å². The van der Waals surface area contributed by atoms with Gasteiger partial charge >= 0.3 is 5.69 Å². The van der Waals surface area contributed by atoms with Crippen LogP contribution in [0.15, 0.2) is 15.8 Å². The Morgan fingerprint density at radius 1 is 1.38 bits per heavy atom. The Labute approximate surface area is 151 Å². The Balaban J connectivity index is 2.40. The second-order valence-corrected chi connectivity index (χ2v) is 13.0. The summed E-state index contributed by atoms with van der Waals surface area (Å²) in [7, 11) is -2.28. The van der Waals surface area contributed by atoms with E-state index in [0.717, 1.165) is 10.8 Å². The third-order valence-electron chi connectivity index (χ3n) is 5.39. The number of aromatic amines is 1. The molecule has 2 atom stereocenters. The minimum Gasteiger partial charge on any atom is -0.411 e. The molecule has 0 aromatic carbocycles. The van der Waals surface area contributed by atoms with Crippen molar-refractivity contribution in [1.82, 2.24) is 9.55 Å². The number of hydrogen-bond acceptors (Lipinski definition) is 6. The maximum absolute atomic E-state index is 13.6. The number of halogens is 1. The van der Waals surface area contributed by atoms with Crippen LogP contribution in [0.25, 0.3) is 0 Å². The zero-order valence-corrected chi connectivity index (χ0v) is 16.7. The molecule has 2 rings (SSSR count). The minimum atomic E-state index is -2.28. The summed E-state index contributed by atoms with van der Waals surface area (Å²) >= 11 is 0. The quantitative estimate of drug-likeness (QED) is 0.638. The molecule has 3 N–H and O–H groups in total. The van der Waals surface area contributed by atoms with Gasteiger partial charge in [-0.1, -0.05) is 20.8 Å². The van der Waals surface area contributed by atoms with Crippen LogP contribution in [0.2, 0.25) is 18.1 Å². The lowest BCUT2D eigenvalue weighted by atomic mass is 9.99. The topological polar surface area (TPSA) is 114 Å². The highest BCUT2D eigenvalue weighted by molar-refractivity contribution is 6.74. The number of nitrogens with one attached hydrogen (secondary N) is 1. The summed E-state index contributed by atoms with van der Waals surface area (Å²) in [6.45, 7) is 9.13. The first-order valence-corrected chi connectivity index (χ1v) is 11.4. The number of nitrogens with zero attached hydrogens (tertiary/aromatic N) is 1. The summed E-state index contributed by atoms with van der Waals surface area (Å²) < 4.78 is 26.6. The van der Waals surface area contributed by atoms with Crippen LogP contribution in [0.1, 0.15) is 33.4 Å². The van der Waals surface area contributed by atoms with Gasteiger partial charge in [-0.15, -0.1) is 0 Å². The van der Waals surface area contributed by atoms with Gasteiger partial charge < -0.3 is 19.4 Å². The molecule has 0 spiro atoms. The Morgan fingerprint density at radius 3 is 2.46 bits per heavy atom. The lowest BCUT2D eigenvalue weighted by Crippen LogP contribution is -2.54. The van der Waals surface area contributed by atoms with Crippen molar-refractivity contribution in [2.24, 2.45) is 0 Å². The molecule has 1 aliphatic rings. The van der Waals surface area contributed by atoms with Gasteiger partial charge in [0.1, 0.15) is 11.8 Å². The maximum atomic E-state index is 13.6. The van der Waals surface area contributed by atoms with Gasteiger partial charge in [-0.2, -0.15) is 4.39 Å². The maximum Gasteiger partial charge on any atom is 0.330 e. The second kappa shape index (κ2) is 7.00. The largest absolute Gasteiger partial charge is 0.411 e. The lowest BCUT2D eigenvalue weighted by Gasteiger charge is -2.42. The van der Waals surface area contributed by atoms with Crippen molar-refractivity contribution in [3.8, 4) is 0 Å². The first-order valence-electron chi connectivity index (χ1n) is 8.45. The molecule has 1 aromatic rings. The molecule has 1 aromatic heterocycles. The van der Waals surface area contributed by atoms with Crippen LogP contribution in [-0.4, -0.2) is 53.0 Å². The Kier molecular flexibility index (Phi) is 5.65. The molecule has 0 amide bonds. The zero-order valence-electron chi connectivity index (χ0n) is 15.7. The van der Waals surface area contributed by atoms with Crippen molar-refractivity contribution >= 4 is 8.32 Å². The molecular formula is C16H27FN2O6Si. The predicted octanol–water partition coefficient (Wildman–Crippen LogP) is 0.708. The third-order valence-corrected chi connectivity index (χ3v) is 9.87. The molecule has 0 radical (unpaired) electrons. The first-order chi connectivity index (χ1) is 11.9. The van der Waals surface area contributed by atoms with Crippen LogP contribution < -0.4 is 11.2 Å². The van der Waals surface area contributed by atoms with Gasteiger partial charge in [-0.25, -0.2) is 4.79 Å². The summed E-state index contributed by atoms with van der Waals surface area (Å²) in [5.41, 5.74) is -3.38. The molecule has 1 fully saturated rings. The SMILES string of the molecule is CC(C)(C)[Si](C)(C)OC1C[C@H](n2cc(F)c(=O)[nH]c2=O)OC1(CO)CO. The van der Waals surface area contributed by atoms with Gasteiger partial charge in [0, 0.05) is 6.42 Å². The number of ether oxygens (including phenoxy) is 1. The normalized spacial score (nSPS) is 23.4. The fourth-order valence-corrected chi connectivity index (χ4v) is 4.03. The van der Waals surface area contributed by atoms with Gasteiger partial charge in [0.05, 0.1) is 25.5 Å². The van der Waals surface area contributed by atoms with Crippen LogP contribution in [0.4, 0.5) is 4.39 Å². The summed E-state index contributed by atoms with van der Waals surface area (Å²) in [6.07, 6.45) is -0.785. The minimum absolute atomic E-state index is 0.122. The van der Waals surface area contributed by atoms with Crippen LogP contribution in [0, 0.1) is 5.82 Å². The molecule has 10 heteroatoms. The van der Waals surface area contributed by atoms with Crippen LogP contribution >= 0.6 is 0 Å². The predicted molar refractivity (Wildman–Crippen MR) is 95.0 cm³/mol. The highest BCUT2D eigenvalue weighted by Crippen LogP contribution is 2.44. The Hall–Kier alpha value is -1.33. The number of aliphatic hydroxyl groups is 2. The number of aliphatic hydroxyl groups excluding tert-OH is 2. The zero-order chi connectivity index (χ0) is 19.9. The fourth-order valence-electron chi connectivity index (χ4n) is 2.65. The van der Waals surface area contributed by atoms with E-state index in [0.29, 0.717) is 0 Å². The van der Waals surface area contributed by atoms with Gasteiger partial charge in [0.25, 0.3) is 5.56 Å². The molecule has 1 aliphatic heterocycles. The molecule has 26 heavy (non-hydrogen) atoms. The molecule has 2 heterocycles. The fraction of sp³-hybridized carbons (Fsp3) is 0.750. The molecule has 8 nitrogen and oxygen atoms in total. The van der Waals surface area contributed by atoms with E-state index in [1.54, 1.807) is 0 Å². The van der Waals surface area contributed by atoms with Gasteiger partial charge in [-0.05, 0) is 18.1 Å². The van der Waals surface area contributed by atoms with Gasteiger partial charge in [0.15, 0.2) is 8.32 Å². The molecule has 1 unspecified atom stereocenters. The molecule has 0 bridgehead atoms. The van der Waals surface area contributed by atoms with Crippen molar-refractivity contribution in [3.63, 3.8) is 0 Å². The Morgan fingerprint density at radius 2 is 1.96 bits per heavy atom. The highest BCUT2D eigenvalue weighted by atomic mass is 28.4. The van der Waals surface area contributed by atoms with E-state index in [9.17, 15) is 24.2 Å². The van der Waals surface area contributed by atoms with E-state index < -0.39 is 56.5 Å². The second-order valence-electron chi connectivity index (χ2n) is 8.20. The van der Waals surface area contributed by atoms with E-state index in [1.165, 1.54) is 0 Å². The summed E-state index contributed by atoms with van der Waals surface area (Å²) in [5, 5.41) is 19.6. The van der Waals surface area contributed by atoms with Crippen molar-refractivity contribution in [1.29, 1.82) is 0 Å². The standard InChI is InChI=1S/C16H27FN2O6Si/c1-15(2,3)26(4,5)25-11-6-12(24-16(11,8-20)9-21)19-7-10(17)13(22)18-14(19)23/h7,11-12,20-21H,6,8-9H2,1-5H3,(H,18,22,23)/t11?,12-/m1/s1. The third kappa shape index (κ3) is 3.69. The molecule has 148 valence electrons. The van der Waals surface area contributed by atoms with Crippen LogP contribution in [0.5, 0.6) is 0 Å². The highest BCUT2D eigenvalue weighted by Gasteiger charge is 2.53. The van der Waals surface area contributed by atoms with Crippen LogP contribution in [0.3, 0.4) is 0 Å². The molecule has 0 aliphatic carbocycles. The lowest BCUT2D eigenvalue weighted by molar-refractivity contribution is -0.148. The summed E-state index contributed by atoms with van der Waals surface area (Å²) in [6, 6.07) is 0. The van der Waals surface area contributed by atoms with E-state index in [4.69, 9.17) is 9.16 Å². The number of rotatable bonds is 5. The van der Waals surface area contributed by atoms with Crippen molar-refractivity contribution in [2.75, 3.05) is 13.2 Å². The molecular weight excluding hydrogens is 363 g/mol. The van der Waals surface area contributed by atoms with Crippen molar-refractivity contribution < 1.29 is 23.8 Å². The Bertz CT molecular complexity index is 765. The smallest absolute Gasteiger partial charge is 0.330 e. The van der Waals surface area contributed by atoms with Crippen molar-refractivity contribution in [2.45, 2.75) is 63.3 Å². The first kappa shape index (κ1) is 21.0. The molecule has 0 saturated carbocycles. The number of hydrogen-bond donors (Lipinski definition) is 3. The average Bonchev–Trinajstić information content (AvgIpc) is 2.88. The summed E-state index contributed by atoms with van der Waals surface area (Å²) in [5.74, 6) is -1.12. The number of H-pyrrole nitrogens is 1. The van der Waals surface area contributed by atoms with Crippen LogP contribution in [-0.2, 0) is 9.16 Å². The van der Waals surface area contributed by atoms with Gasteiger partial charge in [0.2, 0.25) is 5.82 Å². The number of aromatic nitrogens is 2. The average molecular weight is 390 g/mol. The summed E-state index contributed by atoms with van der Waals surface area (Å²) in [4.78, 5) is 25.1.